The fraction of sp³-hybridized carbons (Fsp3) is 0.588. The van der Waals surface area contributed by atoms with E-state index in [0.29, 0.717) is 12.2 Å². The quantitative estimate of drug-likeness (QED) is 0.890. The Hall–Kier alpha value is -1.71. The number of carboxylic acid groups (broad SMARTS) is 1. The maximum Gasteiger partial charge on any atom is 0.303 e. The van der Waals surface area contributed by atoms with E-state index in [1.165, 1.54) is 0 Å². The minimum atomic E-state index is -0.775. The summed E-state index contributed by atoms with van der Waals surface area (Å²) in [6.07, 6.45) is 2.32. The van der Waals surface area contributed by atoms with Crippen LogP contribution in [0.4, 0.5) is 0 Å². The van der Waals surface area contributed by atoms with Crippen molar-refractivity contribution in [2.24, 2.45) is 5.92 Å². The van der Waals surface area contributed by atoms with Gasteiger partial charge in [-0.3, -0.25) is 4.79 Å². The van der Waals surface area contributed by atoms with Gasteiger partial charge in [0, 0.05) is 17.9 Å². The van der Waals surface area contributed by atoms with Gasteiger partial charge in [-0.2, -0.15) is 0 Å². The van der Waals surface area contributed by atoms with Crippen molar-refractivity contribution < 1.29 is 19.7 Å². The van der Waals surface area contributed by atoms with E-state index in [-0.39, 0.29) is 17.9 Å². The van der Waals surface area contributed by atoms with Crippen LogP contribution in [0.1, 0.15) is 49.8 Å². The van der Waals surface area contributed by atoms with E-state index in [2.05, 4.69) is 13.8 Å². The van der Waals surface area contributed by atoms with Crippen LogP contribution in [-0.4, -0.2) is 21.8 Å². The van der Waals surface area contributed by atoms with Gasteiger partial charge in [0.05, 0.1) is 0 Å². The maximum absolute atomic E-state index is 10.9. The molecule has 2 atom stereocenters. The molecule has 0 aromatic heterocycles. The van der Waals surface area contributed by atoms with Gasteiger partial charge in [-0.1, -0.05) is 6.92 Å². The maximum atomic E-state index is 10.9. The number of aryl methyl sites for hydroxylation is 1. The number of aromatic hydroxyl groups is 1. The van der Waals surface area contributed by atoms with Crippen LogP contribution in [0.25, 0.3) is 0 Å². The van der Waals surface area contributed by atoms with Crippen LogP contribution < -0.4 is 4.74 Å². The van der Waals surface area contributed by atoms with E-state index in [1.807, 2.05) is 19.9 Å². The summed E-state index contributed by atoms with van der Waals surface area (Å²) in [7, 11) is 0. The smallest absolute Gasteiger partial charge is 0.303 e. The van der Waals surface area contributed by atoms with Crippen molar-refractivity contribution >= 4 is 5.97 Å². The number of benzene rings is 1. The highest BCUT2D eigenvalue weighted by Gasteiger charge is 2.40. The van der Waals surface area contributed by atoms with Gasteiger partial charge in [-0.05, 0) is 57.2 Å². The largest absolute Gasteiger partial charge is 0.507 e. The molecule has 116 valence electrons. The number of hydrogen-bond donors (Lipinski definition) is 2. The summed E-state index contributed by atoms with van der Waals surface area (Å²) >= 11 is 0. The van der Waals surface area contributed by atoms with Gasteiger partial charge in [-0.25, -0.2) is 0 Å². The minimum Gasteiger partial charge on any atom is -0.507 e. The van der Waals surface area contributed by atoms with Crippen molar-refractivity contribution in [3.63, 3.8) is 0 Å². The van der Waals surface area contributed by atoms with Crippen LogP contribution in [0.2, 0.25) is 0 Å². The summed E-state index contributed by atoms with van der Waals surface area (Å²) in [6.45, 7) is 7.89. The van der Waals surface area contributed by atoms with Crippen molar-refractivity contribution in [3.05, 3.63) is 22.8 Å². The molecule has 4 nitrogen and oxygen atoms in total. The number of rotatable bonds is 4. The number of aliphatic carboxylic acids is 1. The number of phenolic OH excluding ortho intramolecular Hbond substituents is 1. The molecule has 1 aromatic rings. The first-order chi connectivity index (χ1) is 9.78. The molecule has 0 radical (unpaired) electrons. The highest BCUT2D eigenvalue weighted by Crippen LogP contribution is 2.45. The number of fused-ring (bicyclic) bond motifs is 1. The van der Waals surface area contributed by atoms with Gasteiger partial charge in [0.15, 0.2) is 0 Å². The Bertz CT molecular complexity index is 564. The van der Waals surface area contributed by atoms with Crippen LogP contribution in [0, 0.1) is 19.8 Å². The van der Waals surface area contributed by atoms with Gasteiger partial charge < -0.3 is 14.9 Å². The van der Waals surface area contributed by atoms with Crippen LogP contribution in [0.5, 0.6) is 11.5 Å². The van der Waals surface area contributed by atoms with Gasteiger partial charge in [0.1, 0.15) is 17.1 Å². The molecule has 0 saturated heterocycles. The van der Waals surface area contributed by atoms with Crippen LogP contribution in [0.15, 0.2) is 6.07 Å². The third kappa shape index (κ3) is 2.85. The van der Waals surface area contributed by atoms with E-state index < -0.39 is 5.97 Å². The summed E-state index contributed by atoms with van der Waals surface area (Å²) in [5.74, 6) is 0.516. The molecule has 1 heterocycles. The Morgan fingerprint density at radius 3 is 2.71 bits per heavy atom. The predicted molar refractivity (Wildman–Crippen MR) is 81.0 cm³/mol. The second-order valence-electron chi connectivity index (χ2n) is 6.25. The van der Waals surface area contributed by atoms with Crippen molar-refractivity contribution in [1.82, 2.24) is 0 Å². The molecule has 0 aliphatic carbocycles. The lowest BCUT2D eigenvalue weighted by molar-refractivity contribution is -0.137. The lowest BCUT2D eigenvalue weighted by Gasteiger charge is -2.43. The minimum absolute atomic E-state index is 0.145. The molecular weight excluding hydrogens is 268 g/mol. The van der Waals surface area contributed by atoms with Crippen molar-refractivity contribution in [3.8, 4) is 11.5 Å². The van der Waals surface area contributed by atoms with Crippen LogP contribution in [0.3, 0.4) is 0 Å². The molecule has 4 heteroatoms. The van der Waals surface area contributed by atoms with Gasteiger partial charge in [0.25, 0.3) is 0 Å². The number of carboxylic acids is 1. The summed E-state index contributed by atoms with van der Waals surface area (Å²) < 4.78 is 6.23. The molecule has 1 aliphatic heterocycles. The zero-order valence-electron chi connectivity index (χ0n) is 13.2. The molecule has 1 aromatic carbocycles. The SMILES string of the molecule is CCC1(C)Oc2cc(C)c(O)c(C)c2CC1CCC(=O)O. The highest BCUT2D eigenvalue weighted by atomic mass is 16.5. The molecule has 2 rings (SSSR count). The Labute approximate surface area is 125 Å². The van der Waals surface area contributed by atoms with E-state index in [9.17, 15) is 9.90 Å². The molecule has 21 heavy (non-hydrogen) atoms. The third-order valence-corrected chi connectivity index (χ3v) is 4.89. The van der Waals surface area contributed by atoms with Crippen molar-refractivity contribution in [1.29, 1.82) is 0 Å². The van der Waals surface area contributed by atoms with Gasteiger partial charge >= 0.3 is 5.97 Å². The highest BCUT2D eigenvalue weighted by molar-refractivity contribution is 5.66. The topological polar surface area (TPSA) is 66.8 Å². The second kappa shape index (κ2) is 5.58. The Kier molecular flexibility index (Phi) is 4.17. The van der Waals surface area contributed by atoms with Crippen molar-refractivity contribution in [2.45, 2.75) is 59.0 Å². The average Bonchev–Trinajstić information content (AvgIpc) is 2.43. The summed E-state index contributed by atoms with van der Waals surface area (Å²) in [6, 6.07) is 1.89. The third-order valence-electron chi connectivity index (χ3n) is 4.89. The Morgan fingerprint density at radius 2 is 2.14 bits per heavy atom. The Morgan fingerprint density at radius 1 is 1.48 bits per heavy atom. The fourth-order valence-corrected chi connectivity index (χ4v) is 3.18. The monoisotopic (exact) mass is 292 g/mol. The van der Waals surface area contributed by atoms with Crippen LogP contribution in [-0.2, 0) is 11.2 Å². The van der Waals surface area contributed by atoms with E-state index in [1.54, 1.807) is 0 Å². The molecule has 0 saturated carbocycles. The average molecular weight is 292 g/mol. The second-order valence-corrected chi connectivity index (χ2v) is 6.25. The first-order valence-corrected chi connectivity index (χ1v) is 7.51. The van der Waals surface area contributed by atoms with E-state index in [4.69, 9.17) is 9.84 Å². The summed E-state index contributed by atoms with van der Waals surface area (Å²) in [4.78, 5) is 10.9. The molecule has 1 aliphatic rings. The van der Waals surface area contributed by atoms with E-state index in [0.717, 1.165) is 35.3 Å². The summed E-state index contributed by atoms with van der Waals surface area (Å²) in [5.41, 5.74) is 2.33. The molecule has 2 N–H and O–H groups in total. The normalized spacial score (nSPS) is 24.3. The number of phenols is 1. The molecule has 0 fully saturated rings. The van der Waals surface area contributed by atoms with Crippen molar-refractivity contribution in [2.75, 3.05) is 0 Å². The standard InChI is InChI=1S/C17H24O4/c1-5-17(4)12(6-7-15(18)19)9-13-11(3)16(20)10(2)8-14(13)21-17/h8,12,20H,5-7,9H2,1-4H3,(H,18,19). The number of hydrogen-bond acceptors (Lipinski definition) is 3. The number of ether oxygens (including phenoxy) is 1. The molecule has 0 bridgehead atoms. The first kappa shape index (κ1) is 15.7. The van der Waals surface area contributed by atoms with Gasteiger partial charge in [0.2, 0.25) is 0 Å². The zero-order valence-corrected chi connectivity index (χ0v) is 13.2. The first-order valence-electron chi connectivity index (χ1n) is 7.51. The van der Waals surface area contributed by atoms with Crippen LogP contribution >= 0.6 is 0 Å². The fourth-order valence-electron chi connectivity index (χ4n) is 3.18. The predicted octanol–water partition coefficient (Wildman–Crippen LogP) is 3.59. The molecule has 0 spiro atoms. The Balaban J connectivity index is 2.39. The lowest BCUT2D eigenvalue weighted by Crippen LogP contribution is -2.45. The van der Waals surface area contributed by atoms with E-state index >= 15 is 0 Å². The molecule has 2 unspecified atom stereocenters. The zero-order chi connectivity index (χ0) is 15.8. The molecular formula is C17H24O4. The molecule has 0 amide bonds. The summed E-state index contributed by atoms with van der Waals surface area (Å²) in [5, 5.41) is 19.0. The van der Waals surface area contributed by atoms with Gasteiger partial charge in [-0.15, -0.1) is 0 Å². The number of carbonyl (C=O) groups is 1. The lowest BCUT2D eigenvalue weighted by atomic mass is 9.76.